The second-order valence-corrected chi connectivity index (χ2v) is 5.20. The van der Waals surface area contributed by atoms with Crippen LogP contribution in [0.4, 0.5) is 0 Å². The average molecular weight is 257 g/mol. The first-order valence-electron chi connectivity index (χ1n) is 6.52. The molecule has 5 nitrogen and oxygen atoms in total. The van der Waals surface area contributed by atoms with Crippen LogP contribution in [0.2, 0.25) is 0 Å². The van der Waals surface area contributed by atoms with E-state index in [9.17, 15) is 9.59 Å². The fourth-order valence-electron chi connectivity index (χ4n) is 2.16. The first-order chi connectivity index (χ1) is 8.40. The maximum Gasteiger partial charge on any atom is 0.308 e. The van der Waals surface area contributed by atoms with Gasteiger partial charge in [-0.15, -0.1) is 0 Å². The number of carbonyl (C=O) groups excluding carboxylic acids is 1. The molecular formula is C13H23NO4. The third-order valence-corrected chi connectivity index (χ3v) is 3.40. The fraction of sp³-hybridized carbons (Fsp3) is 0.846. The van der Waals surface area contributed by atoms with E-state index < -0.39 is 11.9 Å². The molecule has 0 radical (unpaired) electrons. The van der Waals surface area contributed by atoms with Crippen molar-refractivity contribution in [3.05, 3.63) is 0 Å². The minimum Gasteiger partial charge on any atom is -0.481 e. The summed E-state index contributed by atoms with van der Waals surface area (Å²) in [6, 6.07) is 0. The van der Waals surface area contributed by atoms with Crippen LogP contribution in [0.1, 0.15) is 39.5 Å². The van der Waals surface area contributed by atoms with E-state index in [2.05, 4.69) is 0 Å². The lowest BCUT2D eigenvalue weighted by molar-refractivity contribution is -0.142. The Bertz CT molecular complexity index is 305. The van der Waals surface area contributed by atoms with Crippen LogP contribution in [0.25, 0.3) is 0 Å². The molecule has 1 rings (SSSR count). The van der Waals surface area contributed by atoms with Gasteiger partial charge in [-0.2, -0.15) is 0 Å². The Labute approximate surface area is 108 Å². The summed E-state index contributed by atoms with van der Waals surface area (Å²) in [5.74, 6) is -1.41. The number of carbonyl (C=O) groups is 2. The Kier molecular flexibility index (Phi) is 5.59. The molecule has 1 amide bonds. The third kappa shape index (κ3) is 4.64. The molecule has 1 aliphatic heterocycles. The Morgan fingerprint density at radius 2 is 2.11 bits per heavy atom. The van der Waals surface area contributed by atoms with Crippen molar-refractivity contribution in [3.8, 4) is 0 Å². The van der Waals surface area contributed by atoms with Gasteiger partial charge in [0.1, 0.15) is 0 Å². The minimum absolute atomic E-state index is 0.00810. The van der Waals surface area contributed by atoms with Crippen molar-refractivity contribution in [2.24, 2.45) is 5.92 Å². The van der Waals surface area contributed by atoms with E-state index >= 15 is 0 Å². The first kappa shape index (κ1) is 15.0. The average Bonchev–Trinajstić information content (AvgIpc) is 2.71. The highest BCUT2D eigenvalue weighted by Crippen LogP contribution is 2.22. The zero-order valence-corrected chi connectivity index (χ0v) is 11.4. The van der Waals surface area contributed by atoms with Gasteiger partial charge >= 0.3 is 5.97 Å². The molecule has 0 spiro atoms. The van der Waals surface area contributed by atoms with Crippen LogP contribution < -0.4 is 0 Å². The molecule has 3 atom stereocenters. The van der Waals surface area contributed by atoms with Gasteiger partial charge in [-0.3, -0.25) is 9.59 Å². The van der Waals surface area contributed by atoms with E-state index in [1.54, 1.807) is 14.0 Å². The number of hydrogen-bond acceptors (Lipinski definition) is 3. The van der Waals surface area contributed by atoms with Crippen molar-refractivity contribution in [2.75, 3.05) is 13.6 Å². The van der Waals surface area contributed by atoms with E-state index in [-0.39, 0.29) is 18.6 Å². The predicted molar refractivity (Wildman–Crippen MR) is 67.2 cm³/mol. The monoisotopic (exact) mass is 257 g/mol. The number of aliphatic carboxylic acids is 1. The van der Waals surface area contributed by atoms with Gasteiger partial charge in [0.05, 0.1) is 18.1 Å². The third-order valence-electron chi connectivity index (χ3n) is 3.40. The maximum atomic E-state index is 11.8. The number of carboxylic acids is 1. The van der Waals surface area contributed by atoms with E-state index in [0.717, 1.165) is 19.3 Å². The topological polar surface area (TPSA) is 66.8 Å². The van der Waals surface area contributed by atoms with Crippen molar-refractivity contribution in [3.63, 3.8) is 0 Å². The Morgan fingerprint density at radius 3 is 2.61 bits per heavy atom. The molecule has 1 heterocycles. The van der Waals surface area contributed by atoms with Crippen molar-refractivity contribution >= 4 is 11.9 Å². The molecule has 1 saturated heterocycles. The summed E-state index contributed by atoms with van der Waals surface area (Å²) in [5.41, 5.74) is 0. The summed E-state index contributed by atoms with van der Waals surface area (Å²) < 4.78 is 5.65. The minimum atomic E-state index is -0.873. The van der Waals surface area contributed by atoms with Crippen molar-refractivity contribution < 1.29 is 19.4 Å². The number of amides is 1. The van der Waals surface area contributed by atoms with Crippen molar-refractivity contribution in [1.29, 1.82) is 0 Å². The number of hydrogen-bond donors (Lipinski definition) is 1. The fourth-order valence-corrected chi connectivity index (χ4v) is 2.16. The largest absolute Gasteiger partial charge is 0.481 e. The highest BCUT2D eigenvalue weighted by atomic mass is 16.5. The standard InChI is InChI=1S/C13H23NO4/c1-9(13(16)17)8-14(3)12(15)7-6-11-5-4-10(2)18-11/h9-11H,4-8H2,1-3H3,(H,16,17). The molecule has 0 aromatic heterocycles. The van der Waals surface area contributed by atoms with Gasteiger partial charge < -0.3 is 14.7 Å². The van der Waals surface area contributed by atoms with Gasteiger partial charge in [0.25, 0.3) is 0 Å². The van der Waals surface area contributed by atoms with Gasteiger partial charge in [0.2, 0.25) is 5.91 Å². The predicted octanol–water partition coefficient (Wildman–Crippen LogP) is 1.51. The van der Waals surface area contributed by atoms with Crippen molar-refractivity contribution in [1.82, 2.24) is 4.90 Å². The molecule has 0 aliphatic carbocycles. The van der Waals surface area contributed by atoms with Crippen LogP contribution >= 0.6 is 0 Å². The molecule has 3 unspecified atom stereocenters. The van der Waals surface area contributed by atoms with Crippen LogP contribution in [-0.2, 0) is 14.3 Å². The van der Waals surface area contributed by atoms with Crippen LogP contribution in [-0.4, -0.2) is 47.7 Å². The lowest BCUT2D eigenvalue weighted by Gasteiger charge is -2.20. The van der Waals surface area contributed by atoms with Crippen molar-refractivity contribution in [2.45, 2.75) is 51.7 Å². The highest BCUT2D eigenvalue weighted by Gasteiger charge is 2.23. The summed E-state index contributed by atoms with van der Waals surface area (Å²) in [6.07, 6.45) is 3.73. The first-order valence-corrected chi connectivity index (χ1v) is 6.52. The molecule has 1 fully saturated rings. The summed E-state index contributed by atoms with van der Waals surface area (Å²) in [5, 5.41) is 8.79. The van der Waals surface area contributed by atoms with E-state index in [1.807, 2.05) is 6.92 Å². The second-order valence-electron chi connectivity index (χ2n) is 5.20. The molecule has 104 valence electrons. The van der Waals surface area contributed by atoms with E-state index in [1.165, 1.54) is 4.90 Å². The highest BCUT2D eigenvalue weighted by molar-refractivity contribution is 5.77. The number of carboxylic acid groups (broad SMARTS) is 1. The van der Waals surface area contributed by atoms with Crippen LogP contribution in [0.5, 0.6) is 0 Å². The lowest BCUT2D eigenvalue weighted by Crippen LogP contribution is -2.34. The van der Waals surface area contributed by atoms with E-state index in [4.69, 9.17) is 9.84 Å². The quantitative estimate of drug-likeness (QED) is 0.783. The zero-order chi connectivity index (χ0) is 13.7. The Hall–Kier alpha value is -1.10. The van der Waals surface area contributed by atoms with Gasteiger partial charge in [0, 0.05) is 20.0 Å². The SMILES string of the molecule is CC1CCC(CCC(=O)N(C)CC(C)C(=O)O)O1. The van der Waals surface area contributed by atoms with Gasteiger partial charge in [-0.1, -0.05) is 6.92 Å². The van der Waals surface area contributed by atoms with Crippen LogP contribution in [0.3, 0.4) is 0 Å². The molecule has 1 aliphatic rings. The zero-order valence-electron chi connectivity index (χ0n) is 11.4. The molecule has 5 heteroatoms. The van der Waals surface area contributed by atoms with Crippen LogP contribution in [0, 0.1) is 5.92 Å². The van der Waals surface area contributed by atoms with Gasteiger partial charge in [0.15, 0.2) is 0 Å². The Balaban J connectivity index is 2.25. The molecule has 0 aromatic rings. The van der Waals surface area contributed by atoms with Crippen LogP contribution in [0.15, 0.2) is 0 Å². The molecule has 18 heavy (non-hydrogen) atoms. The van der Waals surface area contributed by atoms with Gasteiger partial charge in [-0.05, 0) is 26.2 Å². The van der Waals surface area contributed by atoms with E-state index in [0.29, 0.717) is 12.5 Å². The molecule has 0 bridgehead atoms. The normalized spacial score (nSPS) is 24.8. The summed E-state index contributed by atoms with van der Waals surface area (Å²) in [6.45, 7) is 3.91. The molecular weight excluding hydrogens is 234 g/mol. The summed E-state index contributed by atoms with van der Waals surface area (Å²) >= 11 is 0. The molecule has 0 aromatic carbocycles. The molecule has 0 saturated carbocycles. The number of nitrogens with zero attached hydrogens (tertiary/aromatic N) is 1. The maximum absolute atomic E-state index is 11.8. The number of ether oxygens (including phenoxy) is 1. The summed E-state index contributed by atoms with van der Waals surface area (Å²) in [7, 11) is 1.65. The Morgan fingerprint density at radius 1 is 1.44 bits per heavy atom. The molecule has 1 N–H and O–H groups in total. The second kappa shape index (κ2) is 6.73. The smallest absolute Gasteiger partial charge is 0.308 e. The lowest BCUT2D eigenvalue weighted by atomic mass is 10.1. The number of rotatable bonds is 6. The van der Waals surface area contributed by atoms with Gasteiger partial charge in [-0.25, -0.2) is 0 Å². The summed E-state index contributed by atoms with van der Waals surface area (Å²) in [4.78, 5) is 24.0.